The third-order valence-electron chi connectivity index (χ3n) is 4.55. The number of nitrogens with zero attached hydrogens (tertiary/aromatic N) is 4. The molecule has 3 heterocycles. The number of benzene rings is 1. The second-order valence-electron chi connectivity index (χ2n) is 6.38. The Kier molecular flexibility index (Phi) is 4.72. The van der Waals surface area contributed by atoms with Crippen molar-refractivity contribution in [2.75, 3.05) is 7.05 Å². The Bertz CT molecular complexity index is 1130. The van der Waals surface area contributed by atoms with Crippen molar-refractivity contribution in [3.8, 4) is 0 Å². The normalized spacial score (nSPS) is 12.1. The third-order valence-corrected chi connectivity index (χ3v) is 4.55. The molecule has 0 saturated carbocycles. The molecule has 0 radical (unpaired) electrons. The Morgan fingerprint density at radius 1 is 1.14 bits per heavy atom. The van der Waals surface area contributed by atoms with Crippen LogP contribution in [0.2, 0.25) is 0 Å². The molecule has 1 aromatic carbocycles. The lowest BCUT2D eigenvalue weighted by atomic mass is 10.0. The number of aromatic amines is 2. The Morgan fingerprint density at radius 3 is 2.68 bits per heavy atom. The fourth-order valence-corrected chi connectivity index (χ4v) is 3.29. The van der Waals surface area contributed by atoms with Crippen molar-refractivity contribution in [1.82, 2.24) is 25.1 Å². The summed E-state index contributed by atoms with van der Waals surface area (Å²) in [6, 6.07) is 12.1. The van der Waals surface area contributed by atoms with Crippen molar-refractivity contribution in [1.29, 1.82) is 0 Å². The fourth-order valence-electron chi connectivity index (χ4n) is 3.29. The van der Waals surface area contributed by atoms with Gasteiger partial charge >= 0.3 is 0 Å². The molecule has 0 aliphatic carbocycles. The van der Waals surface area contributed by atoms with Crippen LogP contribution in [0.25, 0.3) is 22.4 Å². The Hall–Kier alpha value is -3.74. The first kappa shape index (κ1) is 17.7. The number of nitrogens with one attached hydrogen (secondary N) is 2. The van der Waals surface area contributed by atoms with E-state index in [1.165, 1.54) is 12.1 Å². The third kappa shape index (κ3) is 3.29. The molecular formula is C21H19FN6. The molecule has 0 unspecified atom stereocenters. The average Bonchev–Trinajstić information content (AvgIpc) is 3.38. The molecule has 4 rings (SSSR count). The number of hydrogen-bond acceptors (Lipinski definition) is 4. The SMILES string of the molecule is C=N/C(=C(/c1ccnc2[nH]ccc12)N(C)Cc1cc[nH]n1)c1ccc(F)cc1. The highest BCUT2D eigenvalue weighted by Gasteiger charge is 2.19. The Balaban J connectivity index is 1.93. The predicted octanol–water partition coefficient (Wildman–Crippen LogP) is 4.08. The summed E-state index contributed by atoms with van der Waals surface area (Å²) in [6.07, 6.45) is 5.39. The second-order valence-corrected chi connectivity index (χ2v) is 6.38. The zero-order valence-electron chi connectivity index (χ0n) is 15.4. The number of fused-ring (bicyclic) bond motifs is 1. The van der Waals surface area contributed by atoms with Crippen LogP contribution in [-0.4, -0.2) is 38.8 Å². The maximum Gasteiger partial charge on any atom is 0.137 e. The van der Waals surface area contributed by atoms with E-state index in [9.17, 15) is 4.39 Å². The van der Waals surface area contributed by atoms with Gasteiger partial charge in [0.1, 0.15) is 11.5 Å². The first-order valence-corrected chi connectivity index (χ1v) is 8.76. The molecule has 0 fully saturated rings. The van der Waals surface area contributed by atoms with Gasteiger partial charge in [-0.15, -0.1) is 0 Å². The molecule has 140 valence electrons. The molecule has 7 heteroatoms. The van der Waals surface area contributed by atoms with E-state index < -0.39 is 0 Å². The fraction of sp³-hybridized carbons (Fsp3) is 0.0952. The summed E-state index contributed by atoms with van der Waals surface area (Å²) in [5, 5.41) is 8.05. The van der Waals surface area contributed by atoms with Gasteiger partial charge in [-0.2, -0.15) is 5.10 Å². The van der Waals surface area contributed by atoms with Gasteiger partial charge in [-0.1, -0.05) is 0 Å². The smallest absolute Gasteiger partial charge is 0.137 e. The van der Waals surface area contributed by atoms with Gasteiger partial charge in [-0.25, -0.2) is 9.37 Å². The zero-order chi connectivity index (χ0) is 19.5. The topological polar surface area (TPSA) is 73.0 Å². The maximum atomic E-state index is 13.5. The van der Waals surface area contributed by atoms with Crippen LogP contribution in [0.4, 0.5) is 4.39 Å². The van der Waals surface area contributed by atoms with E-state index in [4.69, 9.17) is 0 Å². The summed E-state index contributed by atoms with van der Waals surface area (Å²) < 4.78 is 13.5. The summed E-state index contributed by atoms with van der Waals surface area (Å²) in [7, 11) is 1.97. The van der Waals surface area contributed by atoms with E-state index in [0.717, 1.165) is 33.6 Å². The molecule has 0 atom stereocenters. The van der Waals surface area contributed by atoms with E-state index in [2.05, 4.69) is 36.8 Å². The standard InChI is InChI=1S/C21H19FN6/c1-23-19(14-3-5-15(22)6-4-14)20(28(2)13-16-7-12-26-27-16)17-8-10-24-21-18(17)9-11-25-21/h3-12H,1,13H2,2H3,(H,24,25)(H,26,27)/b20-19-. The molecule has 0 bridgehead atoms. The van der Waals surface area contributed by atoms with E-state index >= 15 is 0 Å². The van der Waals surface area contributed by atoms with E-state index in [-0.39, 0.29) is 5.82 Å². The minimum absolute atomic E-state index is 0.296. The monoisotopic (exact) mass is 374 g/mol. The second kappa shape index (κ2) is 7.48. The van der Waals surface area contributed by atoms with Crippen LogP contribution in [0.5, 0.6) is 0 Å². The molecule has 2 N–H and O–H groups in total. The molecule has 4 aromatic rings. The van der Waals surface area contributed by atoms with Crippen LogP contribution in [0.1, 0.15) is 16.8 Å². The summed E-state index contributed by atoms with van der Waals surface area (Å²) >= 11 is 0. The first-order valence-electron chi connectivity index (χ1n) is 8.76. The lowest BCUT2D eigenvalue weighted by Gasteiger charge is -2.25. The van der Waals surface area contributed by atoms with Gasteiger partial charge in [0.2, 0.25) is 0 Å². The Labute approximate surface area is 161 Å². The lowest BCUT2D eigenvalue weighted by molar-refractivity contribution is 0.468. The van der Waals surface area contributed by atoms with Crippen LogP contribution in [0, 0.1) is 5.82 Å². The molecule has 0 spiro atoms. The number of pyridine rings is 1. The highest BCUT2D eigenvalue weighted by molar-refractivity contribution is 5.98. The number of H-pyrrole nitrogens is 2. The highest BCUT2D eigenvalue weighted by atomic mass is 19.1. The minimum Gasteiger partial charge on any atom is -0.366 e. The van der Waals surface area contributed by atoms with Crippen molar-refractivity contribution in [2.24, 2.45) is 4.99 Å². The van der Waals surface area contributed by atoms with Crippen LogP contribution < -0.4 is 0 Å². The summed E-state index contributed by atoms with van der Waals surface area (Å²) in [5.74, 6) is -0.296. The summed E-state index contributed by atoms with van der Waals surface area (Å²) in [5.41, 5.74) is 4.92. The summed E-state index contributed by atoms with van der Waals surface area (Å²) in [6.45, 7) is 4.34. The van der Waals surface area contributed by atoms with Crippen molar-refractivity contribution in [3.63, 3.8) is 0 Å². The number of aromatic nitrogens is 4. The van der Waals surface area contributed by atoms with Gasteiger partial charge in [0.05, 0.1) is 23.6 Å². The van der Waals surface area contributed by atoms with Gasteiger partial charge in [-0.3, -0.25) is 10.1 Å². The van der Waals surface area contributed by atoms with E-state index in [1.54, 1.807) is 24.5 Å². The maximum absolute atomic E-state index is 13.5. The number of hydrogen-bond donors (Lipinski definition) is 2. The largest absolute Gasteiger partial charge is 0.366 e. The van der Waals surface area contributed by atoms with Gasteiger partial charge in [0, 0.05) is 42.2 Å². The number of aliphatic imine (C=N–C) groups is 1. The van der Waals surface area contributed by atoms with Gasteiger partial charge in [-0.05, 0) is 49.2 Å². The van der Waals surface area contributed by atoms with Gasteiger partial charge in [0.15, 0.2) is 0 Å². The highest BCUT2D eigenvalue weighted by Crippen LogP contribution is 2.33. The molecule has 0 aliphatic heterocycles. The van der Waals surface area contributed by atoms with E-state index in [0.29, 0.717) is 12.2 Å². The van der Waals surface area contributed by atoms with Crippen molar-refractivity contribution >= 4 is 29.1 Å². The van der Waals surface area contributed by atoms with Gasteiger partial charge in [0.25, 0.3) is 0 Å². The number of halogens is 1. The van der Waals surface area contributed by atoms with Crippen LogP contribution in [0.3, 0.4) is 0 Å². The number of rotatable bonds is 6. The van der Waals surface area contributed by atoms with Gasteiger partial charge < -0.3 is 9.88 Å². The molecule has 28 heavy (non-hydrogen) atoms. The average molecular weight is 374 g/mol. The molecule has 6 nitrogen and oxygen atoms in total. The minimum atomic E-state index is -0.296. The van der Waals surface area contributed by atoms with Crippen LogP contribution in [-0.2, 0) is 6.54 Å². The first-order chi connectivity index (χ1) is 13.7. The molecule has 0 amide bonds. The quantitative estimate of drug-likeness (QED) is 0.500. The van der Waals surface area contributed by atoms with Crippen molar-refractivity contribution in [3.05, 3.63) is 83.7 Å². The molecule has 0 saturated heterocycles. The molecule has 3 aromatic heterocycles. The molecule has 0 aliphatic rings. The lowest BCUT2D eigenvalue weighted by Crippen LogP contribution is -2.18. The van der Waals surface area contributed by atoms with Crippen LogP contribution >= 0.6 is 0 Å². The zero-order valence-corrected chi connectivity index (χ0v) is 15.4. The predicted molar refractivity (Wildman–Crippen MR) is 109 cm³/mol. The van der Waals surface area contributed by atoms with Crippen LogP contribution in [0.15, 0.2) is 66.0 Å². The Morgan fingerprint density at radius 2 is 1.96 bits per heavy atom. The van der Waals surface area contributed by atoms with Crippen molar-refractivity contribution < 1.29 is 4.39 Å². The molecular weight excluding hydrogens is 355 g/mol. The summed E-state index contributed by atoms with van der Waals surface area (Å²) in [4.78, 5) is 13.9. The van der Waals surface area contributed by atoms with E-state index in [1.807, 2.05) is 31.4 Å². The van der Waals surface area contributed by atoms with Crippen molar-refractivity contribution in [2.45, 2.75) is 6.54 Å².